The zero-order valence-electron chi connectivity index (χ0n) is 11.0. The summed E-state index contributed by atoms with van der Waals surface area (Å²) >= 11 is 0. The number of amides is 1. The molecule has 0 unspecified atom stereocenters. The zero-order valence-corrected chi connectivity index (χ0v) is 11.0. The van der Waals surface area contributed by atoms with Gasteiger partial charge in [0.05, 0.1) is 7.11 Å². The number of hydrogen-bond donors (Lipinski definition) is 0. The molecule has 0 radical (unpaired) electrons. The summed E-state index contributed by atoms with van der Waals surface area (Å²) in [6.07, 6.45) is -1.47. The molecule has 102 valence electrons. The summed E-state index contributed by atoms with van der Waals surface area (Å²) in [7, 11) is 1.58. The number of β-lactam (4-membered cyclic amide) rings is 1. The molecule has 0 aliphatic carbocycles. The Morgan fingerprint density at radius 1 is 1.05 bits per heavy atom. The summed E-state index contributed by atoms with van der Waals surface area (Å²) in [6, 6.07) is 15.7. The first kappa shape index (κ1) is 12.7. The lowest BCUT2D eigenvalue weighted by Gasteiger charge is -2.43. The fraction of sp³-hybridized carbons (Fsp3) is 0.188. The second kappa shape index (κ2) is 4.96. The molecule has 3 rings (SSSR count). The van der Waals surface area contributed by atoms with Gasteiger partial charge in [-0.2, -0.15) is 0 Å². The van der Waals surface area contributed by atoms with Crippen molar-refractivity contribution in [1.29, 1.82) is 0 Å². The Labute approximate surface area is 116 Å². The van der Waals surface area contributed by atoms with Gasteiger partial charge in [-0.25, -0.2) is 4.39 Å². The number of nitrogens with zero attached hydrogens (tertiary/aromatic N) is 1. The van der Waals surface area contributed by atoms with E-state index in [0.717, 1.165) is 5.56 Å². The van der Waals surface area contributed by atoms with Crippen molar-refractivity contribution in [2.75, 3.05) is 12.0 Å². The number of ether oxygens (including phenoxy) is 1. The maximum absolute atomic E-state index is 13.9. The van der Waals surface area contributed by atoms with E-state index >= 15 is 0 Å². The predicted octanol–water partition coefficient (Wildman–Crippen LogP) is 3.12. The van der Waals surface area contributed by atoms with Gasteiger partial charge in [0.2, 0.25) is 6.17 Å². The molecule has 0 bridgehead atoms. The number of rotatable bonds is 3. The van der Waals surface area contributed by atoms with E-state index in [1.54, 1.807) is 31.4 Å². The van der Waals surface area contributed by atoms with E-state index < -0.39 is 18.1 Å². The molecule has 20 heavy (non-hydrogen) atoms. The predicted molar refractivity (Wildman–Crippen MR) is 74.6 cm³/mol. The van der Waals surface area contributed by atoms with E-state index in [9.17, 15) is 9.18 Å². The average Bonchev–Trinajstić information content (AvgIpc) is 2.52. The number of carbonyl (C=O) groups excluding carboxylic acids is 1. The van der Waals surface area contributed by atoms with Crippen molar-refractivity contribution < 1.29 is 13.9 Å². The summed E-state index contributed by atoms with van der Waals surface area (Å²) in [5.74, 6) is 0.207. The first-order valence-electron chi connectivity index (χ1n) is 6.38. The third-order valence-corrected chi connectivity index (χ3v) is 3.52. The Morgan fingerprint density at radius 3 is 2.30 bits per heavy atom. The van der Waals surface area contributed by atoms with Crippen LogP contribution < -0.4 is 9.64 Å². The molecule has 0 spiro atoms. The largest absolute Gasteiger partial charge is 0.497 e. The van der Waals surface area contributed by atoms with Crippen LogP contribution in [0.15, 0.2) is 54.6 Å². The first-order valence-corrected chi connectivity index (χ1v) is 6.38. The minimum atomic E-state index is -1.47. The molecule has 2 atom stereocenters. The van der Waals surface area contributed by atoms with E-state index in [1.807, 2.05) is 30.3 Å². The van der Waals surface area contributed by atoms with Gasteiger partial charge < -0.3 is 4.74 Å². The van der Waals surface area contributed by atoms with E-state index in [-0.39, 0.29) is 0 Å². The van der Waals surface area contributed by atoms with Gasteiger partial charge in [-0.3, -0.25) is 9.69 Å². The lowest BCUT2D eigenvalue weighted by atomic mass is 9.91. The molecule has 1 heterocycles. The molecule has 2 aromatic rings. The van der Waals surface area contributed by atoms with Crippen LogP contribution in [-0.2, 0) is 4.79 Å². The van der Waals surface area contributed by atoms with Crippen molar-refractivity contribution in [1.82, 2.24) is 0 Å². The summed E-state index contributed by atoms with van der Waals surface area (Å²) in [6.45, 7) is 0. The SMILES string of the molecule is COc1ccc(N2C(=O)[C@@H](F)[C@H]2c2ccccc2)cc1. The van der Waals surface area contributed by atoms with Gasteiger partial charge in [-0.1, -0.05) is 30.3 Å². The van der Waals surface area contributed by atoms with Crippen molar-refractivity contribution in [2.45, 2.75) is 12.2 Å². The van der Waals surface area contributed by atoms with Crippen molar-refractivity contribution in [3.05, 3.63) is 60.2 Å². The summed E-state index contributed by atoms with van der Waals surface area (Å²) in [4.78, 5) is 13.3. The van der Waals surface area contributed by atoms with Gasteiger partial charge in [0.1, 0.15) is 11.8 Å². The highest BCUT2D eigenvalue weighted by atomic mass is 19.1. The molecular weight excluding hydrogens is 257 g/mol. The Hall–Kier alpha value is -2.36. The quantitative estimate of drug-likeness (QED) is 0.803. The molecule has 4 heteroatoms. The second-order valence-electron chi connectivity index (χ2n) is 4.66. The Balaban J connectivity index is 1.92. The topological polar surface area (TPSA) is 29.5 Å². The van der Waals surface area contributed by atoms with Gasteiger partial charge >= 0.3 is 0 Å². The van der Waals surface area contributed by atoms with Crippen LogP contribution in [0, 0.1) is 0 Å². The summed E-state index contributed by atoms with van der Waals surface area (Å²) in [5.41, 5.74) is 1.48. The molecule has 3 nitrogen and oxygen atoms in total. The third-order valence-electron chi connectivity index (χ3n) is 3.52. The molecular formula is C16H14FNO2. The fourth-order valence-corrected chi connectivity index (χ4v) is 2.45. The number of anilines is 1. The van der Waals surface area contributed by atoms with Crippen molar-refractivity contribution in [2.24, 2.45) is 0 Å². The van der Waals surface area contributed by atoms with Crippen molar-refractivity contribution in [3.8, 4) is 5.75 Å². The van der Waals surface area contributed by atoms with Crippen LogP contribution in [0.5, 0.6) is 5.75 Å². The van der Waals surface area contributed by atoms with Gasteiger partial charge in [0.25, 0.3) is 5.91 Å². The van der Waals surface area contributed by atoms with Gasteiger partial charge in [0.15, 0.2) is 0 Å². The molecule has 1 fully saturated rings. The van der Waals surface area contributed by atoms with Crippen LogP contribution in [0.4, 0.5) is 10.1 Å². The number of benzene rings is 2. The molecule has 1 saturated heterocycles. The van der Waals surface area contributed by atoms with Crippen LogP contribution in [-0.4, -0.2) is 19.2 Å². The maximum Gasteiger partial charge on any atom is 0.264 e. The van der Waals surface area contributed by atoms with Crippen LogP contribution in [0.2, 0.25) is 0 Å². The maximum atomic E-state index is 13.9. The van der Waals surface area contributed by atoms with Gasteiger partial charge in [-0.15, -0.1) is 0 Å². The highest BCUT2D eigenvalue weighted by Gasteiger charge is 2.49. The lowest BCUT2D eigenvalue weighted by Crippen LogP contribution is -2.57. The third kappa shape index (κ3) is 1.93. The van der Waals surface area contributed by atoms with Gasteiger partial charge in [-0.05, 0) is 29.8 Å². The fourth-order valence-electron chi connectivity index (χ4n) is 2.45. The highest BCUT2D eigenvalue weighted by Crippen LogP contribution is 2.41. The normalized spacial score (nSPS) is 21.5. The molecule has 1 aliphatic heterocycles. The monoisotopic (exact) mass is 271 g/mol. The number of methoxy groups -OCH3 is 1. The molecule has 0 aromatic heterocycles. The Kier molecular flexibility index (Phi) is 3.14. The Bertz CT molecular complexity index is 612. The van der Waals surface area contributed by atoms with Crippen LogP contribution in [0.3, 0.4) is 0 Å². The zero-order chi connectivity index (χ0) is 14.1. The van der Waals surface area contributed by atoms with Crippen LogP contribution in [0.25, 0.3) is 0 Å². The second-order valence-corrected chi connectivity index (χ2v) is 4.66. The smallest absolute Gasteiger partial charge is 0.264 e. The minimum Gasteiger partial charge on any atom is -0.497 e. The highest BCUT2D eigenvalue weighted by molar-refractivity contribution is 6.05. The minimum absolute atomic E-state index is 0.496. The molecule has 0 saturated carbocycles. The number of hydrogen-bond acceptors (Lipinski definition) is 2. The molecule has 1 amide bonds. The van der Waals surface area contributed by atoms with Crippen molar-refractivity contribution in [3.63, 3.8) is 0 Å². The first-order chi connectivity index (χ1) is 9.72. The van der Waals surface area contributed by atoms with Crippen molar-refractivity contribution >= 4 is 11.6 Å². The van der Waals surface area contributed by atoms with Crippen LogP contribution >= 0.6 is 0 Å². The average molecular weight is 271 g/mol. The van der Waals surface area contributed by atoms with E-state index in [4.69, 9.17) is 4.74 Å². The standard InChI is InChI=1S/C16H14FNO2/c1-20-13-9-7-12(8-10-13)18-15(14(17)16(18)19)11-5-3-2-4-6-11/h2-10,14-15H,1H3/t14-,15+/m0/s1. The number of alkyl halides is 1. The number of halogens is 1. The summed E-state index contributed by atoms with van der Waals surface area (Å²) < 4.78 is 19.0. The Morgan fingerprint density at radius 2 is 1.70 bits per heavy atom. The summed E-state index contributed by atoms with van der Waals surface area (Å²) in [5, 5.41) is 0. The van der Waals surface area contributed by atoms with E-state index in [2.05, 4.69) is 0 Å². The van der Waals surface area contributed by atoms with Gasteiger partial charge in [0, 0.05) is 5.69 Å². The van der Waals surface area contributed by atoms with Crippen LogP contribution in [0.1, 0.15) is 11.6 Å². The van der Waals surface area contributed by atoms with E-state index in [1.165, 1.54) is 4.90 Å². The lowest BCUT2D eigenvalue weighted by molar-refractivity contribution is -0.131. The molecule has 2 aromatic carbocycles. The number of carbonyl (C=O) groups is 1. The molecule has 1 aliphatic rings. The molecule has 0 N–H and O–H groups in total. The van der Waals surface area contributed by atoms with E-state index in [0.29, 0.717) is 11.4 Å².